The molecule has 0 saturated carbocycles. The molecule has 0 radical (unpaired) electrons. The number of hydrogen-bond donors (Lipinski definition) is 3. The Hall–Kier alpha value is -4.22. The van der Waals surface area contributed by atoms with Crippen LogP contribution in [0, 0.1) is 0 Å². The second-order valence-corrected chi connectivity index (χ2v) is 14.4. The molecule has 4 amide bonds. The first-order valence-electron chi connectivity index (χ1n) is 16.4. The maximum absolute atomic E-state index is 13.1. The molecule has 1 aromatic heterocycles. The van der Waals surface area contributed by atoms with Crippen molar-refractivity contribution in [1.82, 2.24) is 24.5 Å². The molecule has 14 nitrogen and oxygen atoms in total. The van der Waals surface area contributed by atoms with E-state index in [2.05, 4.69) is 30.8 Å². The van der Waals surface area contributed by atoms with E-state index < -0.39 is 22.5 Å². The zero-order valence-corrected chi connectivity index (χ0v) is 28.1. The first kappa shape index (κ1) is 36.1. The highest BCUT2D eigenvalue weighted by atomic mass is 32.2. The maximum Gasteiger partial charge on any atom is 0.328 e. The summed E-state index contributed by atoms with van der Waals surface area (Å²) in [5, 5.41) is 7.90. The molecule has 3 fully saturated rings. The molecule has 5 rings (SSSR count). The van der Waals surface area contributed by atoms with Gasteiger partial charge >= 0.3 is 6.03 Å². The van der Waals surface area contributed by atoms with Crippen molar-refractivity contribution in [3.8, 4) is 5.75 Å². The number of aromatic nitrogens is 2. The molecule has 0 bridgehead atoms. The number of urea groups is 1. The molecule has 3 aliphatic rings. The molecule has 0 spiro atoms. The Balaban J connectivity index is 1.00. The minimum absolute atomic E-state index is 0.0411. The van der Waals surface area contributed by atoms with Gasteiger partial charge in [0.2, 0.25) is 28.3 Å². The van der Waals surface area contributed by atoms with E-state index in [4.69, 9.17) is 4.74 Å². The summed E-state index contributed by atoms with van der Waals surface area (Å²) in [6.07, 6.45) is 3.87. The number of anilines is 3. The number of alkyl halides is 2. The molecule has 266 valence electrons. The van der Waals surface area contributed by atoms with Gasteiger partial charge in [0.15, 0.2) is 0 Å². The Bertz CT molecular complexity index is 1610. The number of halogens is 2. The second kappa shape index (κ2) is 16.5. The number of imide groups is 1. The van der Waals surface area contributed by atoms with Crippen molar-refractivity contribution in [2.24, 2.45) is 0 Å². The number of sulfonamides is 1. The molecule has 49 heavy (non-hydrogen) atoms. The zero-order valence-electron chi connectivity index (χ0n) is 27.3. The molecule has 0 aliphatic carbocycles. The number of hydrogen-bond acceptors (Lipinski definition) is 10. The molecule has 0 atom stereocenters. The molecular weight excluding hydrogens is 662 g/mol. The highest BCUT2D eigenvalue weighted by Crippen LogP contribution is 2.25. The smallest absolute Gasteiger partial charge is 0.328 e. The van der Waals surface area contributed by atoms with Crippen molar-refractivity contribution < 1.29 is 36.3 Å². The second-order valence-electron chi connectivity index (χ2n) is 12.3. The molecule has 3 N–H and O–H groups in total. The van der Waals surface area contributed by atoms with E-state index in [1.165, 1.54) is 28.4 Å². The molecule has 2 aromatic rings. The quantitative estimate of drug-likeness (QED) is 0.249. The van der Waals surface area contributed by atoms with Crippen molar-refractivity contribution in [2.75, 3.05) is 60.6 Å². The molecule has 3 saturated heterocycles. The van der Waals surface area contributed by atoms with E-state index in [1.807, 2.05) is 12.1 Å². The van der Waals surface area contributed by atoms with Gasteiger partial charge < -0.3 is 20.3 Å². The largest absolute Gasteiger partial charge is 0.490 e. The fourth-order valence-corrected chi connectivity index (χ4v) is 7.58. The lowest BCUT2D eigenvalue weighted by Crippen LogP contribution is -2.49. The Morgan fingerprint density at radius 1 is 1.08 bits per heavy atom. The highest BCUT2D eigenvalue weighted by Gasteiger charge is 2.29. The van der Waals surface area contributed by atoms with Crippen LogP contribution < -0.4 is 25.6 Å². The summed E-state index contributed by atoms with van der Waals surface area (Å²) in [7, 11) is -3.43. The van der Waals surface area contributed by atoms with Crippen LogP contribution in [-0.4, -0.2) is 110 Å². The van der Waals surface area contributed by atoms with Crippen LogP contribution in [0.2, 0.25) is 0 Å². The van der Waals surface area contributed by atoms with Crippen molar-refractivity contribution in [2.45, 2.75) is 64.0 Å². The monoisotopic (exact) mass is 704 g/mol. The van der Waals surface area contributed by atoms with E-state index in [-0.39, 0.29) is 53.1 Å². The van der Waals surface area contributed by atoms with Gasteiger partial charge in [0, 0.05) is 62.6 Å². The van der Waals surface area contributed by atoms with Crippen molar-refractivity contribution >= 4 is 51.9 Å². The van der Waals surface area contributed by atoms with Crippen LogP contribution in [0.1, 0.15) is 51.0 Å². The SMILES string of the molecule is C/C(=C\c1cnc(NC2CCN(S(=O)(=O)CCCN3CCC(Oc4ccc(N5CCC(=O)NC5=O)cc4)CC3)CC2)nc1NC=O)C(F)F. The number of nitrogens with zero attached hydrogens (tertiary/aromatic N) is 5. The average Bonchev–Trinajstić information content (AvgIpc) is 3.07. The third-order valence-electron chi connectivity index (χ3n) is 8.84. The maximum atomic E-state index is 13.1. The molecule has 3 aliphatic heterocycles. The van der Waals surface area contributed by atoms with E-state index in [9.17, 15) is 31.6 Å². The Kier molecular flexibility index (Phi) is 12.1. The number of benzene rings is 1. The van der Waals surface area contributed by atoms with Crippen LogP contribution in [0.25, 0.3) is 6.08 Å². The van der Waals surface area contributed by atoms with Crippen LogP contribution in [0.3, 0.4) is 0 Å². The lowest BCUT2D eigenvalue weighted by molar-refractivity contribution is -0.120. The summed E-state index contributed by atoms with van der Waals surface area (Å²) >= 11 is 0. The predicted molar refractivity (Wildman–Crippen MR) is 180 cm³/mol. The third kappa shape index (κ3) is 9.92. The number of piperidine rings is 2. The first-order chi connectivity index (χ1) is 23.5. The molecule has 4 heterocycles. The predicted octanol–water partition coefficient (Wildman–Crippen LogP) is 3.30. The number of likely N-dealkylation sites (tertiary alicyclic amines) is 1. The minimum atomic E-state index is -3.43. The summed E-state index contributed by atoms with van der Waals surface area (Å²) in [6.45, 7) is 4.60. The van der Waals surface area contributed by atoms with Gasteiger partial charge in [-0.2, -0.15) is 4.98 Å². The number of amides is 4. The average molecular weight is 705 g/mol. The van der Waals surface area contributed by atoms with Crippen LogP contribution >= 0.6 is 0 Å². The van der Waals surface area contributed by atoms with Gasteiger partial charge in [0.25, 0.3) is 6.43 Å². The molecule has 17 heteroatoms. The number of nitrogens with one attached hydrogen (secondary N) is 3. The summed E-state index contributed by atoms with van der Waals surface area (Å²) in [4.78, 5) is 46.7. The number of carbonyl (C=O) groups excluding carboxylic acids is 3. The van der Waals surface area contributed by atoms with Gasteiger partial charge in [-0.25, -0.2) is 31.3 Å². The van der Waals surface area contributed by atoms with Gasteiger partial charge in [-0.15, -0.1) is 0 Å². The van der Waals surface area contributed by atoms with E-state index in [0.717, 1.165) is 25.9 Å². The van der Waals surface area contributed by atoms with Crippen LogP contribution in [-0.2, 0) is 19.6 Å². The van der Waals surface area contributed by atoms with Gasteiger partial charge in [-0.1, -0.05) is 0 Å². The Labute approximate surface area is 284 Å². The Morgan fingerprint density at radius 2 is 1.80 bits per heavy atom. The van der Waals surface area contributed by atoms with Crippen LogP contribution in [0.15, 0.2) is 36.0 Å². The fourth-order valence-electron chi connectivity index (χ4n) is 6.06. The van der Waals surface area contributed by atoms with Crippen LogP contribution in [0.4, 0.5) is 31.0 Å². The van der Waals surface area contributed by atoms with Gasteiger partial charge in [-0.05, 0) is 81.5 Å². The summed E-state index contributed by atoms with van der Waals surface area (Å²) < 4.78 is 59.8. The van der Waals surface area contributed by atoms with Gasteiger partial charge in [0.1, 0.15) is 17.7 Å². The number of allylic oxidation sites excluding steroid dienone is 1. The number of rotatable bonds is 14. The minimum Gasteiger partial charge on any atom is -0.490 e. The topological polar surface area (TPSA) is 166 Å². The fraction of sp³-hybridized carbons (Fsp3) is 0.531. The molecule has 1 aromatic carbocycles. The normalized spacial score (nSPS) is 19.2. The van der Waals surface area contributed by atoms with E-state index in [1.54, 1.807) is 12.1 Å². The standard InChI is InChI=1S/C32H42F2N8O6S/c1-22(29(33)34)19-23-20-35-31(39-30(23)36-21-43)37-24-7-15-41(16-8-24)49(46,47)18-2-12-40-13-9-27(10-14-40)48-26-5-3-25(4-6-26)42-17-11-28(44)38-32(42)45/h3-6,19-21,24,27,29H,2,7-18H2,1H3,(H,38,44,45)(H2,35,36,37,39,43)/b22-19+. The first-order valence-corrected chi connectivity index (χ1v) is 18.0. The number of ether oxygens (including phenoxy) is 1. The lowest BCUT2D eigenvalue weighted by Gasteiger charge is -2.33. The Morgan fingerprint density at radius 3 is 2.45 bits per heavy atom. The summed E-state index contributed by atoms with van der Waals surface area (Å²) in [5.41, 5.74) is 0.765. The zero-order chi connectivity index (χ0) is 35.0. The third-order valence-corrected chi connectivity index (χ3v) is 10.8. The van der Waals surface area contributed by atoms with Gasteiger partial charge in [-0.3, -0.25) is 19.8 Å². The van der Waals surface area contributed by atoms with Crippen molar-refractivity contribution in [1.29, 1.82) is 0 Å². The van der Waals surface area contributed by atoms with Crippen molar-refractivity contribution in [3.63, 3.8) is 0 Å². The summed E-state index contributed by atoms with van der Waals surface area (Å²) in [6, 6.07) is 6.73. The van der Waals surface area contributed by atoms with Crippen molar-refractivity contribution in [3.05, 3.63) is 41.6 Å². The highest BCUT2D eigenvalue weighted by molar-refractivity contribution is 7.89. The molecular formula is C32H42F2N8O6S. The summed E-state index contributed by atoms with van der Waals surface area (Å²) in [5.74, 6) is 0.812. The number of carbonyl (C=O) groups is 3. The molecule has 0 unspecified atom stereocenters. The lowest BCUT2D eigenvalue weighted by atomic mass is 10.1. The van der Waals surface area contributed by atoms with Crippen LogP contribution in [0.5, 0.6) is 5.75 Å². The van der Waals surface area contributed by atoms with E-state index in [0.29, 0.717) is 63.3 Å². The van der Waals surface area contributed by atoms with E-state index >= 15 is 0 Å². The van der Waals surface area contributed by atoms with Gasteiger partial charge in [0.05, 0.1) is 5.75 Å².